The summed E-state index contributed by atoms with van der Waals surface area (Å²) in [4.78, 5) is 23.2. The molecule has 0 amide bonds. The molecule has 4 nitrogen and oxygen atoms in total. The van der Waals surface area contributed by atoms with Gasteiger partial charge in [-0.1, -0.05) is 6.07 Å². The summed E-state index contributed by atoms with van der Waals surface area (Å²) in [6.07, 6.45) is 3.32. The number of hydrogen-bond acceptors (Lipinski definition) is 3. The molecule has 4 heteroatoms. The maximum Gasteiger partial charge on any atom is 0.207 e. The average Bonchev–Trinajstić information content (AvgIpc) is 2.40. The highest BCUT2D eigenvalue weighted by atomic mass is 16.1. The van der Waals surface area contributed by atoms with Crippen LogP contribution in [0.15, 0.2) is 53.6 Å². The number of aromatic nitrogens is 3. The molecular formula is C13H9N3O. The molecule has 0 radical (unpaired) electrons. The highest BCUT2D eigenvalue weighted by Crippen LogP contribution is 2.15. The first kappa shape index (κ1) is 9.72. The number of nitrogens with one attached hydrogen (secondary N) is 1. The first-order valence-corrected chi connectivity index (χ1v) is 5.24. The van der Waals surface area contributed by atoms with E-state index in [1.807, 2.05) is 30.3 Å². The summed E-state index contributed by atoms with van der Waals surface area (Å²) in [5.74, 6) is 0. The Balaban J connectivity index is 2.27. The van der Waals surface area contributed by atoms with Crippen molar-refractivity contribution in [2.45, 2.75) is 0 Å². The van der Waals surface area contributed by atoms with Crippen molar-refractivity contribution < 1.29 is 0 Å². The normalized spacial score (nSPS) is 10.6. The number of rotatable bonds is 1. The van der Waals surface area contributed by atoms with Gasteiger partial charge >= 0.3 is 0 Å². The van der Waals surface area contributed by atoms with Crippen molar-refractivity contribution in [1.82, 2.24) is 15.0 Å². The molecule has 0 atom stereocenters. The van der Waals surface area contributed by atoms with Crippen molar-refractivity contribution in [3.63, 3.8) is 0 Å². The number of pyridine rings is 3. The van der Waals surface area contributed by atoms with Crippen molar-refractivity contribution >= 4 is 11.0 Å². The van der Waals surface area contributed by atoms with Crippen molar-refractivity contribution in [3.05, 3.63) is 59.0 Å². The number of aromatic amines is 1. The van der Waals surface area contributed by atoms with Gasteiger partial charge in [0, 0.05) is 18.5 Å². The van der Waals surface area contributed by atoms with Crippen LogP contribution in [0.5, 0.6) is 0 Å². The molecule has 0 aromatic carbocycles. The van der Waals surface area contributed by atoms with E-state index in [2.05, 4.69) is 15.0 Å². The predicted octanol–water partition coefficient (Wildman–Crippen LogP) is 1.99. The summed E-state index contributed by atoms with van der Waals surface area (Å²) in [5, 5.41) is 0. The molecule has 0 aliphatic rings. The Kier molecular flexibility index (Phi) is 2.19. The summed E-state index contributed by atoms with van der Waals surface area (Å²) in [7, 11) is 0. The van der Waals surface area contributed by atoms with E-state index in [1.165, 1.54) is 6.07 Å². The van der Waals surface area contributed by atoms with Crippen LogP contribution in [0, 0.1) is 0 Å². The second-order valence-electron chi connectivity index (χ2n) is 3.65. The number of nitrogens with zero attached hydrogens (tertiary/aromatic N) is 2. The average molecular weight is 223 g/mol. The van der Waals surface area contributed by atoms with Crippen LogP contribution >= 0.6 is 0 Å². The molecule has 0 saturated heterocycles. The van der Waals surface area contributed by atoms with Gasteiger partial charge in [-0.3, -0.25) is 9.78 Å². The van der Waals surface area contributed by atoms with E-state index in [0.717, 1.165) is 11.2 Å². The molecule has 0 aliphatic carbocycles. The molecule has 0 fully saturated rings. The number of hydrogen-bond donors (Lipinski definition) is 1. The third-order valence-electron chi connectivity index (χ3n) is 2.53. The Labute approximate surface area is 97.0 Å². The molecule has 82 valence electrons. The van der Waals surface area contributed by atoms with Crippen LogP contribution in [-0.2, 0) is 0 Å². The second-order valence-corrected chi connectivity index (χ2v) is 3.65. The van der Waals surface area contributed by atoms with E-state index in [4.69, 9.17) is 0 Å². The molecule has 0 aliphatic heterocycles. The molecule has 3 aromatic heterocycles. The first-order valence-electron chi connectivity index (χ1n) is 5.24. The van der Waals surface area contributed by atoms with Crippen molar-refractivity contribution in [1.29, 1.82) is 0 Å². The fourth-order valence-electron chi connectivity index (χ4n) is 1.71. The highest BCUT2D eigenvalue weighted by Gasteiger charge is 2.04. The van der Waals surface area contributed by atoms with E-state index >= 15 is 0 Å². The standard InChI is InChI=1S/C13H9N3O/c17-12-6-8-15-11-5-4-10(16-13(11)12)9-3-1-2-7-14-9/h1-8H,(H,15,17). The van der Waals surface area contributed by atoms with Gasteiger partial charge in [0.1, 0.15) is 5.52 Å². The summed E-state index contributed by atoms with van der Waals surface area (Å²) < 4.78 is 0. The molecule has 3 heterocycles. The van der Waals surface area contributed by atoms with Gasteiger partial charge < -0.3 is 4.98 Å². The van der Waals surface area contributed by atoms with Crippen molar-refractivity contribution in [2.24, 2.45) is 0 Å². The van der Waals surface area contributed by atoms with Crippen LogP contribution in [0.2, 0.25) is 0 Å². The van der Waals surface area contributed by atoms with Crippen molar-refractivity contribution in [3.8, 4) is 11.4 Å². The quantitative estimate of drug-likeness (QED) is 0.686. The van der Waals surface area contributed by atoms with Crippen LogP contribution in [0.25, 0.3) is 22.4 Å². The van der Waals surface area contributed by atoms with Gasteiger partial charge in [-0.2, -0.15) is 0 Å². The Hall–Kier alpha value is -2.49. The zero-order valence-corrected chi connectivity index (χ0v) is 8.92. The molecule has 3 rings (SSSR count). The zero-order chi connectivity index (χ0) is 11.7. The fourth-order valence-corrected chi connectivity index (χ4v) is 1.71. The minimum atomic E-state index is -0.0865. The fraction of sp³-hybridized carbons (Fsp3) is 0. The summed E-state index contributed by atoms with van der Waals surface area (Å²) in [6.45, 7) is 0. The van der Waals surface area contributed by atoms with Gasteiger partial charge in [0.15, 0.2) is 0 Å². The van der Waals surface area contributed by atoms with Crippen LogP contribution in [0.4, 0.5) is 0 Å². The maximum absolute atomic E-state index is 11.7. The molecule has 0 spiro atoms. The van der Waals surface area contributed by atoms with Gasteiger partial charge in [0.25, 0.3) is 0 Å². The lowest BCUT2D eigenvalue weighted by atomic mass is 10.2. The van der Waals surface area contributed by atoms with E-state index in [-0.39, 0.29) is 5.43 Å². The zero-order valence-electron chi connectivity index (χ0n) is 8.92. The van der Waals surface area contributed by atoms with Gasteiger partial charge in [0.2, 0.25) is 5.43 Å². The predicted molar refractivity (Wildman–Crippen MR) is 65.6 cm³/mol. The molecule has 0 saturated carbocycles. The third kappa shape index (κ3) is 1.69. The maximum atomic E-state index is 11.7. The van der Waals surface area contributed by atoms with Crippen LogP contribution in [-0.4, -0.2) is 15.0 Å². The second kappa shape index (κ2) is 3.83. The Bertz CT molecular complexity index is 719. The van der Waals surface area contributed by atoms with E-state index in [1.54, 1.807) is 12.4 Å². The van der Waals surface area contributed by atoms with E-state index < -0.39 is 0 Å². The molecule has 0 unspecified atom stereocenters. The minimum Gasteiger partial charge on any atom is -0.360 e. The molecule has 17 heavy (non-hydrogen) atoms. The van der Waals surface area contributed by atoms with E-state index in [9.17, 15) is 4.79 Å². The van der Waals surface area contributed by atoms with Gasteiger partial charge in [-0.05, 0) is 24.3 Å². The lowest BCUT2D eigenvalue weighted by Crippen LogP contribution is -2.03. The largest absolute Gasteiger partial charge is 0.360 e. The molecule has 1 N–H and O–H groups in total. The van der Waals surface area contributed by atoms with Crippen LogP contribution < -0.4 is 5.43 Å². The summed E-state index contributed by atoms with van der Waals surface area (Å²) >= 11 is 0. The lowest BCUT2D eigenvalue weighted by molar-refractivity contribution is 1.26. The molecule has 3 aromatic rings. The number of fused-ring (bicyclic) bond motifs is 1. The van der Waals surface area contributed by atoms with Crippen LogP contribution in [0.3, 0.4) is 0 Å². The Morgan fingerprint density at radius 3 is 2.76 bits per heavy atom. The van der Waals surface area contributed by atoms with Gasteiger partial charge in [-0.15, -0.1) is 0 Å². The number of H-pyrrole nitrogens is 1. The minimum absolute atomic E-state index is 0.0865. The Morgan fingerprint density at radius 2 is 1.94 bits per heavy atom. The lowest BCUT2D eigenvalue weighted by Gasteiger charge is -2.01. The smallest absolute Gasteiger partial charge is 0.207 e. The summed E-state index contributed by atoms with van der Waals surface area (Å²) in [5.41, 5.74) is 2.55. The molecule has 0 bridgehead atoms. The SMILES string of the molecule is O=c1cc[nH]c2ccc(-c3ccccn3)nc12. The Morgan fingerprint density at radius 1 is 1.00 bits per heavy atom. The third-order valence-corrected chi connectivity index (χ3v) is 2.53. The van der Waals surface area contributed by atoms with Gasteiger partial charge in [0.05, 0.1) is 16.9 Å². The first-order chi connectivity index (χ1) is 8.34. The highest BCUT2D eigenvalue weighted by molar-refractivity contribution is 5.76. The van der Waals surface area contributed by atoms with E-state index in [0.29, 0.717) is 11.2 Å². The van der Waals surface area contributed by atoms with Crippen molar-refractivity contribution in [2.75, 3.05) is 0 Å². The monoisotopic (exact) mass is 223 g/mol. The molecular weight excluding hydrogens is 214 g/mol. The topological polar surface area (TPSA) is 58.6 Å². The van der Waals surface area contributed by atoms with Gasteiger partial charge in [-0.25, -0.2) is 4.98 Å². The van der Waals surface area contributed by atoms with Crippen LogP contribution in [0.1, 0.15) is 0 Å². The summed E-state index contributed by atoms with van der Waals surface area (Å²) in [6, 6.07) is 10.8.